The number of sulfonamides is 1. The summed E-state index contributed by atoms with van der Waals surface area (Å²) in [7, 11) is -3.67. The van der Waals surface area contributed by atoms with Gasteiger partial charge in [-0.05, 0) is 68.5 Å². The van der Waals surface area contributed by atoms with E-state index in [4.69, 9.17) is 0 Å². The Morgan fingerprint density at radius 2 is 1.88 bits per heavy atom. The molecule has 1 N–H and O–H groups in total. The van der Waals surface area contributed by atoms with Crippen LogP contribution in [0, 0.1) is 12.8 Å². The van der Waals surface area contributed by atoms with Crippen LogP contribution in [-0.2, 0) is 26.0 Å². The van der Waals surface area contributed by atoms with Gasteiger partial charge in [0.05, 0.1) is 4.90 Å². The standard InChI is InChI=1S/C23H28N4O4S/c1-15-5-4-10-24-22(15)25-23(29)18-8-11-26(12-9-18)32(30,31)20-6-7-21-19(14-20)13-16(2)27(21)17(3)28/h4-7,10,14,16,18H,8-9,11-13H2,1-3H3,(H,24,25,29)/t16-/m0/s1. The molecule has 0 radical (unpaired) electrons. The second-order valence-corrected chi connectivity index (χ2v) is 10.5. The van der Waals surface area contributed by atoms with Crippen LogP contribution in [0.4, 0.5) is 11.5 Å². The van der Waals surface area contributed by atoms with Crippen molar-refractivity contribution in [3.05, 3.63) is 47.7 Å². The largest absolute Gasteiger partial charge is 0.310 e. The first kappa shape index (κ1) is 22.4. The van der Waals surface area contributed by atoms with E-state index in [-0.39, 0.29) is 41.8 Å². The molecule has 1 aromatic carbocycles. The summed E-state index contributed by atoms with van der Waals surface area (Å²) < 4.78 is 27.9. The molecule has 1 aromatic heterocycles. The Labute approximate surface area is 188 Å². The maximum absolute atomic E-state index is 13.2. The molecule has 170 valence electrons. The number of aryl methyl sites for hydroxylation is 1. The van der Waals surface area contributed by atoms with Crippen LogP contribution in [0.5, 0.6) is 0 Å². The van der Waals surface area contributed by atoms with Gasteiger partial charge >= 0.3 is 0 Å². The van der Waals surface area contributed by atoms with E-state index in [2.05, 4.69) is 10.3 Å². The van der Waals surface area contributed by atoms with Crippen molar-refractivity contribution >= 4 is 33.3 Å². The molecule has 2 amide bonds. The highest BCUT2D eigenvalue weighted by molar-refractivity contribution is 7.89. The van der Waals surface area contributed by atoms with Crippen molar-refractivity contribution in [2.75, 3.05) is 23.3 Å². The molecule has 0 unspecified atom stereocenters. The van der Waals surface area contributed by atoms with Gasteiger partial charge in [-0.3, -0.25) is 9.59 Å². The number of fused-ring (bicyclic) bond motifs is 1. The number of rotatable bonds is 4. The summed E-state index contributed by atoms with van der Waals surface area (Å²) in [6.45, 7) is 5.93. The number of amides is 2. The van der Waals surface area contributed by atoms with Gasteiger partial charge in [0, 0.05) is 43.9 Å². The lowest BCUT2D eigenvalue weighted by Crippen LogP contribution is -2.41. The summed E-state index contributed by atoms with van der Waals surface area (Å²) in [4.78, 5) is 30.7. The third-order valence-electron chi connectivity index (χ3n) is 6.32. The summed E-state index contributed by atoms with van der Waals surface area (Å²) in [6, 6.07) is 8.69. The third-order valence-corrected chi connectivity index (χ3v) is 8.21. The number of nitrogens with zero attached hydrogens (tertiary/aromatic N) is 3. The third kappa shape index (κ3) is 4.14. The summed E-state index contributed by atoms with van der Waals surface area (Å²) in [6.07, 6.45) is 3.17. The van der Waals surface area contributed by atoms with Gasteiger partial charge in [-0.2, -0.15) is 4.31 Å². The number of carbonyl (C=O) groups excluding carboxylic acids is 2. The fourth-order valence-electron chi connectivity index (χ4n) is 4.59. The molecule has 32 heavy (non-hydrogen) atoms. The first-order chi connectivity index (χ1) is 15.2. The van der Waals surface area contributed by atoms with E-state index in [1.165, 1.54) is 11.2 Å². The quantitative estimate of drug-likeness (QED) is 0.763. The van der Waals surface area contributed by atoms with E-state index < -0.39 is 10.0 Å². The minimum atomic E-state index is -3.67. The van der Waals surface area contributed by atoms with Crippen molar-refractivity contribution in [1.82, 2.24) is 9.29 Å². The second-order valence-electron chi connectivity index (χ2n) is 8.57. The highest BCUT2D eigenvalue weighted by Crippen LogP contribution is 2.35. The number of nitrogens with one attached hydrogen (secondary N) is 1. The van der Waals surface area contributed by atoms with Crippen molar-refractivity contribution < 1.29 is 18.0 Å². The predicted octanol–water partition coefficient (Wildman–Crippen LogP) is 2.73. The second kappa shape index (κ2) is 8.63. The van der Waals surface area contributed by atoms with E-state index in [0.29, 0.717) is 25.1 Å². The average Bonchev–Trinajstić information content (AvgIpc) is 3.10. The number of aromatic nitrogens is 1. The number of hydrogen-bond donors (Lipinski definition) is 1. The predicted molar refractivity (Wildman–Crippen MR) is 122 cm³/mol. The zero-order chi connectivity index (χ0) is 23.0. The summed E-state index contributed by atoms with van der Waals surface area (Å²) >= 11 is 0. The van der Waals surface area contributed by atoms with Crippen LogP contribution in [0.2, 0.25) is 0 Å². The smallest absolute Gasteiger partial charge is 0.243 e. The lowest BCUT2D eigenvalue weighted by atomic mass is 9.97. The number of carbonyl (C=O) groups is 2. The van der Waals surface area contributed by atoms with Crippen molar-refractivity contribution in [2.24, 2.45) is 5.92 Å². The molecule has 4 rings (SSSR count). The summed E-state index contributed by atoms with van der Waals surface area (Å²) in [5.74, 6) is 0.111. The maximum atomic E-state index is 13.2. The molecule has 1 saturated heterocycles. The fraction of sp³-hybridized carbons (Fsp3) is 0.435. The van der Waals surface area contributed by atoms with Crippen LogP contribution in [0.3, 0.4) is 0 Å². The van der Waals surface area contributed by atoms with E-state index in [0.717, 1.165) is 16.8 Å². The molecule has 2 aliphatic rings. The van der Waals surface area contributed by atoms with Gasteiger partial charge in [0.2, 0.25) is 21.8 Å². The van der Waals surface area contributed by atoms with Crippen molar-refractivity contribution in [1.29, 1.82) is 0 Å². The van der Waals surface area contributed by atoms with Crippen LogP contribution in [0.1, 0.15) is 37.8 Å². The Morgan fingerprint density at radius 3 is 2.53 bits per heavy atom. The summed E-state index contributed by atoms with van der Waals surface area (Å²) in [5, 5.41) is 2.86. The van der Waals surface area contributed by atoms with Gasteiger partial charge in [0.25, 0.3) is 0 Å². The van der Waals surface area contributed by atoms with E-state index in [1.807, 2.05) is 26.0 Å². The Bertz CT molecular complexity index is 1160. The highest BCUT2D eigenvalue weighted by atomic mass is 32.2. The van der Waals surface area contributed by atoms with Gasteiger partial charge in [0.15, 0.2) is 0 Å². The number of benzene rings is 1. The van der Waals surface area contributed by atoms with Gasteiger partial charge in [-0.1, -0.05) is 6.07 Å². The van der Waals surface area contributed by atoms with Crippen LogP contribution in [0.25, 0.3) is 0 Å². The number of anilines is 2. The fourth-order valence-corrected chi connectivity index (χ4v) is 6.11. The van der Waals surface area contributed by atoms with Crippen LogP contribution < -0.4 is 10.2 Å². The molecule has 3 heterocycles. The number of pyridine rings is 1. The Hall–Kier alpha value is -2.78. The van der Waals surface area contributed by atoms with Crippen LogP contribution >= 0.6 is 0 Å². The Kier molecular flexibility index (Phi) is 6.05. The lowest BCUT2D eigenvalue weighted by molar-refractivity contribution is -0.121. The van der Waals surface area contributed by atoms with Crippen LogP contribution in [-0.4, -0.2) is 48.7 Å². The Morgan fingerprint density at radius 1 is 1.16 bits per heavy atom. The molecule has 1 atom stereocenters. The molecule has 0 saturated carbocycles. The zero-order valence-corrected chi connectivity index (χ0v) is 19.4. The molecular weight excluding hydrogens is 428 g/mol. The minimum Gasteiger partial charge on any atom is -0.310 e. The first-order valence-electron chi connectivity index (χ1n) is 10.8. The van der Waals surface area contributed by atoms with Gasteiger partial charge in [0.1, 0.15) is 5.82 Å². The molecule has 8 nitrogen and oxygen atoms in total. The normalized spacial score (nSPS) is 19.6. The lowest BCUT2D eigenvalue weighted by Gasteiger charge is -2.30. The Balaban J connectivity index is 1.43. The molecule has 2 aromatic rings. The zero-order valence-electron chi connectivity index (χ0n) is 18.5. The van der Waals surface area contributed by atoms with E-state index in [1.54, 1.807) is 29.3 Å². The number of piperidine rings is 1. The molecule has 1 fully saturated rings. The summed E-state index contributed by atoms with van der Waals surface area (Å²) in [5.41, 5.74) is 2.54. The van der Waals surface area contributed by atoms with Crippen molar-refractivity contribution in [3.8, 4) is 0 Å². The van der Waals surface area contributed by atoms with Gasteiger partial charge < -0.3 is 10.2 Å². The molecule has 0 bridgehead atoms. The topological polar surface area (TPSA) is 99.7 Å². The average molecular weight is 457 g/mol. The monoisotopic (exact) mass is 456 g/mol. The molecule has 2 aliphatic heterocycles. The van der Waals surface area contributed by atoms with Crippen molar-refractivity contribution in [2.45, 2.75) is 51.0 Å². The molecule has 9 heteroatoms. The van der Waals surface area contributed by atoms with Crippen molar-refractivity contribution in [3.63, 3.8) is 0 Å². The minimum absolute atomic E-state index is 0.0115. The highest BCUT2D eigenvalue weighted by Gasteiger charge is 2.34. The molecular formula is C23H28N4O4S. The van der Waals surface area contributed by atoms with Gasteiger partial charge in [-0.15, -0.1) is 0 Å². The molecule has 0 spiro atoms. The SMILES string of the molecule is CC(=O)N1c2ccc(S(=O)(=O)N3CCC(C(=O)Nc4ncccc4C)CC3)cc2C[C@@H]1C. The van der Waals surface area contributed by atoms with Gasteiger partial charge in [-0.25, -0.2) is 13.4 Å². The first-order valence-corrected chi connectivity index (χ1v) is 12.3. The van der Waals surface area contributed by atoms with E-state index in [9.17, 15) is 18.0 Å². The molecule has 0 aliphatic carbocycles. The maximum Gasteiger partial charge on any atom is 0.243 e. The number of hydrogen-bond acceptors (Lipinski definition) is 5. The van der Waals surface area contributed by atoms with E-state index >= 15 is 0 Å². The van der Waals surface area contributed by atoms with Crippen LogP contribution in [0.15, 0.2) is 41.4 Å².